The molecule has 2 heterocycles. The molecule has 1 aromatic carbocycles. The number of benzene rings is 1. The summed E-state index contributed by atoms with van der Waals surface area (Å²) < 4.78 is 5.31. The van der Waals surface area contributed by atoms with Crippen molar-refractivity contribution in [3.63, 3.8) is 0 Å². The highest BCUT2D eigenvalue weighted by molar-refractivity contribution is 14.0. The van der Waals surface area contributed by atoms with Crippen molar-refractivity contribution in [2.45, 2.75) is 20.1 Å². The smallest absolute Gasteiger partial charge is 0.194 e. The Morgan fingerprint density at radius 3 is 2.43 bits per heavy atom. The van der Waals surface area contributed by atoms with Crippen LogP contribution in [0.1, 0.15) is 18.1 Å². The molecule has 1 N–H and O–H groups in total. The molecule has 1 aromatic heterocycles. The highest BCUT2D eigenvalue weighted by Gasteiger charge is 2.20. The number of aromatic nitrogens is 1. The van der Waals surface area contributed by atoms with Gasteiger partial charge in [-0.3, -0.25) is 0 Å². The molecule has 152 valence electrons. The number of methoxy groups -OCH3 is 1. The third-order valence-electron chi connectivity index (χ3n) is 4.70. The van der Waals surface area contributed by atoms with Crippen LogP contribution in [-0.4, -0.2) is 55.7 Å². The predicted molar refractivity (Wildman–Crippen MR) is 125 cm³/mol. The fraction of sp³-hybridized carbons (Fsp3) is 0.429. The molecule has 6 nitrogen and oxygen atoms in total. The number of ether oxygens (including phenoxy) is 1. The molecule has 0 saturated carbocycles. The average Bonchev–Trinajstić information content (AvgIpc) is 2.73. The van der Waals surface area contributed by atoms with Crippen LogP contribution in [0.5, 0.6) is 0 Å². The van der Waals surface area contributed by atoms with Gasteiger partial charge in [0, 0.05) is 46.0 Å². The largest absolute Gasteiger partial charge is 0.380 e. The molecule has 0 aliphatic carbocycles. The van der Waals surface area contributed by atoms with Gasteiger partial charge in [-0.25, -0.2) is 9.98 Å². The molecule has 1 aliphatic heterocycles. The Morgan fingerprint density at radius 2 is 1.79 bits per heavy atom. The van der Waals surface area contributed by atoms with Gasteiger partial charge in [-0.15, -0.1) is 24.0 Å². The number of piperazine rings is 1. The molecule has 7 heteroatoms. The summed E-state index contributed by atoms with van der Waals surface area (Å²) in [6, 6.07) is 14.4. The molecule has 0 amide bonds. The number of hydrogen-bond donors (Lipinski definition) is 1. The number of nitrogens with one attached hydrogen (secondary N) is 1. The summed E-state index contributed by atoms with van der Waals surface area (Å²) in [5.41, 5.74) is 2.40. The maximum Gasteiger partial charge on any atom is 0.194 e. The number of guanidine groups is 1. The predicted octanol–water partition coefficient (Wildman–Crippen LogP) is 3.13. The summed E-state index contributed by atoms with van der Waals surface area (Å²) in [5, 5.41) is 3.44. The van der Waals surface area contributed by atoms with Crippen LogP contribution in [0.3, 0.4) is 0 Å². The zero-order valence-corrected chi connectivity index (χ0v) is 19.0. The first-order chi connectivity index (χ1) is 13.3. The molecule has 2 aromatic rings. The topological polar surface area (TPSA) is 53.0 Å². The Kier molecular flexibility index (Phi) is 9.49. The average molecular weight is 495 g/mol. The Bertz CT molecular complexity index is 733. The van der Waals surface area contributed by atoms with Gasteiger partial charge in [0.25, 0.3) is 0 Å². The van der Waals surface area contributed by atoms with E-state index in [1.807, 2.05) is 24.4 Å². The lowest BCUT2D eigenvalue weighted by Crippen LogP contribution is -2.52. The zero-order valence-electron chi connectivity index (χ0n) is 16.7. The fourth-order valence-corrected chi connectivity index (χ4v) is 3.28. The summed E-state index contributed by atoms with van der Waals surface area (Å²) in [6.45, 7) is 8.00. The minimum Gasteiger partial charge on any atom is -0.380 e. The normalized spacial score (nSPS) is 14.6. The van der Waals surface area contributed by atoms with Crippen molar-refractivity contribution in [1.29, 1.82) is 0 Å². The summed E-state index contributed by atoms with van der Waals surface area (Å²) in [4.78, 5) is 14.0. The third-order valence-corrected chi connectivity index (χ3v) is 4.70. The van der Waals surface area contributed by atoms with Gasteiger partial charge in [0.05, 0.1) is 13.2 Å². The van der Waals surface area contributed by atoms with Crippen LogP contribution in [0.25, 0.3) is 0 Å². The Morgan fingerprint density at radius 1 is 1.07 bits per heavy atom. The van der Waals surface area contributed by atoms with Crippen LogP contribution in [0.15, 0.2) is 53.7 Å². The number of anilines is 1. The quantitative estimate of drug-likeness (QED) is 0.379. The van der Waals surface area contributed by atoms with E-state index < -0.39 is 0 Å². The van der Waals surface area contributed by atoms with Crippen molar-refractivity contribution in [3.05, 3.63) is 59.8 Å². The number of nitrogens with zero attached hydrogens (tertiary/aromatic N) is 4. The van der Waals surface area contributed by atoms with Gasteiger partial charge < -0.3 is 19.9 Å². The standard InChI is InChI=1S/C21H29N5O.HI/c1-3-22-21(24-16-18-8-4-5-9-19(18)17-27-2)26-14-12-25(13-15-26)20-10-6-7-11-23-20;/h4-11H,3,12-17H2,1-2H3,(H,22,24);1H. The zero-order chi connectivity index (χ0) is 18.9. The number of aliphatic imine (C=N–C) groups is 1. The van der Waals surface area contributed by atoms with Crippen LogP contribution in [-0.2, 0) is 17.9 Å². The number of pyridine rings is 1. The van der Waals surface area contributed by atoms with E-state index >= 15 is 0 Å². The highest BCUT2D eigenvalue weighted by Crippen LogP contribution is 2.14. The second-order valence-corrected chi connectivity index (χ2v) is 6.53. The second-order valence-electron chi connectivity index (χ2n) is 6.53. The van der Waals surface area contributed by atoms with Gasteiger partial charge >= 0.3 is 0 Å². The molecule has 0 radical (unpaired) electrons. The maximum absolute atomic E-state index is 5.31. The van der Waals surface area contributed by atoms with E-state index in [4.69, 9.17) is 9.73 Å². The molecule has 0 spiro atoms. The van der Waals surface area contributed by atoms with Gasteiger partial charge in [-0.2, -0.15) is 0 Å². The lowest BCUT2D eigenvalue weighted by molar-refractivity contribution is 0.184. The van der Waals surface area contributed by atoms with E-state index in [-0.39, 0.29) is 24.0 Å². The van der Waals surface area contributed by atoms with Crippen LogP contribution in [0, 0.1) is 0 Å². The first-order valence-electron chi connectivity index (χ1n) is 9.56. The first-order valence-corrected chi connectivity index (χ1v) is 9.56. The van der Waals surface area contributed by atoms with Gasteiger partial charge in [0.2, 0.25) is 0 Å². The Balaban J connectivity index is 0.00000280. The monoisotopic (exact) mass is 495 g/mol. The molecular formula is C21H30IN5O. The first kappa shape index (κ1) is 22.4. The van der Waals surface area contributed by atoms with Crippen molar-refractivity contribution in [2.24, 2.45) is 4.99 Å². The van der Waals surface area contributed by atoms with E-state index in [0.717, 1.165) is 44.5 Å². The van der Waals surface area contributed by atoms with Gasteiger partial charge in [0.1, 0.15) is 5.82 Å². The number of halogens is 1. The molecule has 1 saturated heterocycles. The SMILES string of the molecule is CCNC(=NCc1ccccc1COC)N1CCN(c2ccccn2)CC1.I. The minimum atomic E-state index is 0. The molecule has 0 atom stereocenters. The summed E-state index contributed by atoms with van der Waals surface area (Å²) in [5.74, 6) is 2.03. The van der Waals surface area contributed by atoms with E-state index in [2.05, 4.69) is 51.3 Å². The molecule has 28 heavy (non-hydrogen) atoms. The van der Waals surface area contributed by atoms with Crippen molar-refractivity contribution in [3.8, 4) is 0 Å². The van der Waals surface area contributed by atoms with Crippen molar-refractivity contribution in [1.82, 2.24) is 15.2 Å². The van der Waals surface area contributed by atoms with E-state index in [0.29, 0.717) is 13.2 Å². The van der Waals surface area contributed by atoms with Crippen molar-refractivity contribution < 1.29 is 4.74 Å². The van der Waals surface area contributed by atoms with Crippen LogP contribution in [0.2, 0.25) is 0 Å². The van der Waals surface area contributed by atoms with Crippen LogP contribution >= 0.6 is 24.0 Å². The lowest BCUT2D eigenvalue weighted by atomic mass is 10.1. The Labute approximate surface area is 185 Å². The van der Waals surface area contributed by atoms with Crippen LogP contribution < -0.4 is 10.2 Å². The molecule has 1 aliphatic rings. The minimum absolute atomic E-state index is 0. The molecule has 0 bridgehead atoms. The Hall–Kier alpha value is -1.87. The molecule has 1 fully saturated rings. The van der Waals surface area contributed by atoms with E-state index in [1.54, 1.807) is 7.11 Å². The second kappa shape index (κ2) is 11.9. The molecule has 3 rings (SSSR count). The number of hydrogen-bond acceptors (Lipinski definition) is 4. The summed E-state index contributed by atoms with van der Waals surface area (Å²) in [7, 11) is 1.73. The van der Waals surface area contributed by atoms with Crippen molar-refractivity contribution in [2.75, 3.05) is 44.7 Å². The lowest BCUT2D eigenvalue weighted by Gasteiger charge is -2.37. The van der Waals surface area contributed by atoms with Gasteiger partial charge in [-0.1, -0.05) is 30.3 Å². The number of rotatable bonds is 6. The third kappa shape index (κ3) is 6.07. The summed E-state index contributed by atoms with van der Waals surface area (Å²) >= 11 is 0. The van der Waals surface area contributed by atoms with Crippen molar-refractivity contribution >= 4 is 35.8 Å². The van der Waals surface area contributed by atoms with E-state index in [1.165, 1.54) is 11.1 Å². The highest BCUT2D eigenvalue weighted by atomic mass is 127. The van der Waals surface area contributed by atoms with Gasteiger partial charge in [-0.05, 0) is 30.2 Å². The fourth-order valence-electron chi connectivity index (χ4n) is 3.28. The summed E-state index contributed by atoms with van der Waals surface area (Å²) in [6.07, 6.45) is 1.85. The van der Waals surface area contributed by atoms with Crippen LogP contribution in [0.4, 0.5) is 5.82 Å². The van der Waals surface area contributed by atoms with Gasteiger partial charge in [0.15, 0.2) is 5.96 Å². The molecule has 0 unspecified atom stereocenters. The van der Waals surface area contributed by atoms with E-state index in [9.17, 15) is 0 Å². The molecular weight excluding hydrogens is 465 g/mol. The maximum atomic E-state index is 5.31.